The maximum absolute atomic E-state index is 6.23. The van der Waals surface area contributed by atoms with Gasteiger partial charge in [-0.1, -0.05) is 19.1 Å². The second-order valence-electron chi connectivity index (χ2n) is 8.68. The molecule has 0 unspecified atom stereocenters. The van der Waals surface area contributed by atoms with Crippen LogP contribution >= 0.6 is 11.3 Å². The Balaban J connectivity index is 1.27. The predicted octanol–water partition coefficient (Wildman–Crippen LogP) is 5.43. The average molecular weight is 449 g/mol. The van der Waals surface area contributed by atoms with Crippen molar-refractivity contribution in [3.05, 3.63) is 59.2 Å². The normalized spacial score (nSPS) is 14.9. The van der Waals surface area contributed by atoms with E-state index in [9.17, 15) is 0 Å². The SMILES string of the molecule is CCc1cn(CCCc2cccc(OC3CCNCC3)c2)c(-c2cc3sccc3n2C)n1. The zero-order valence-electron chi connectivity index (χ0n) is 19.0. The van der Waals surface area contributed by atoms with Gasteiger partial charge in [0.1, 0.15) is 11.9 Å². The fraction of sp³-hybridized carbons (Fsp3) is 0.423. The standard InChI is InChI=1S/C26H32N4OS/c1-3-20-18-30(26(28-20)24-17-25-23(29(24)2)11-15-32-25)14-5-7-19-6-4-8-22(16-19)31-21-9-12-27-13-10-21/h4,6,8,11,15-18,21,27H,3,5,7,9-10,12-14H2,1-2H3. The van der Waals surface area contributed by atoms with Crippen molar-refractivity contribution in [3.63, 3.8) is 0 Å². The molecular formula is C26H32N4OS. The lowest BCUT2D eigenvalue weighted by molar-refractivity contribution is 0.162. The summed E-state index contributed by atoms with van der Waals surface area (Å²) in [6.45, 7) is 5.24. The minimum Gasteiger partial charge on any atom is -0.490 e. The molecule has 0 saturated carbocycles. The van der Waals surface area contributed by atoms with Gasteiger partial charge in [0.05, 0.1) is 21.6 Å². The number of thiophene rings is 1. The summed E-state index contributed by atoms with van der Waals surface area (Å²) in [5.74, 6) is 2.09. The summed E-state index contributed by atoms with van der Waals surface area (Å²) in [5.41, 5.74) is 4.97. The molecule has 1 aliphatic heterocycles. The Labute approximate surface area is 194 Å². The van der Waals surface area contributed by atoms with Crippen LogP contribution in [0.1, 0.15) is 37.4 Å². The zero-order chi connectivity index (χ0) is 21.9. The van der Waals surface area contributed by atoms with Crippen LogP contribution in [0.15, 0.2) is 48.0 Å². The molecule has 0 bridgehead atoms. The summed E-state index contributed by atoms with van der Waals surface area (Å²) in [6.07, 6.45) is 7.80. The first-order valence-corrected chi connectivity index (χ1v) is 12.6. The van der Waals surface area contributed by atoms with Crippen molar-refractivity contribution >= 4 is 21.6 Å². The van der Waals surface area contributed by atoms with Gasteiger partial charge in [-0.25, -0.2) is 4.98 Å². The summed E-state index contributed by atoms with van der Waals surface area (Å²) in [4.78, 5) is 4.96. The van der Waals surface area contributed by atoms with Gasteiger partial charge in [0, 0.05) is 19.8 Å². The maximum Gasteiger partial charge on any atom is 0.156 e. The predicted molar refractivity (Wildman–Crippen MR) is 133 cm³/mol. The van der Waals surface area contributed by atoms with E-state index >= 15 is 0 Å². The van der Waals surface area contributed by atoms with Crippen LogP contribution in [0.2, 0.25) is 0 Å². The van der Waals surface area contributed by atoms with E-state index < -0.39 is 0 Å². The topological polar surface area (TPSA) is 44.0 Å². The number of aryl methyl sites for hydroxylation is 4. The molecule has 0 spiro atoms. The first-order chi connectivity index (χ1) is 15.7. The lowest BCUT2D eigenvalue weighted by Crippen LogP contribution is -2.34. The summed E-state index contributed by atoms with van der Waals surface area (Å²) >= 11 is 1.79. The molecule has 1 saturated heterocycles. The van der Waals surface area contributed by atoms with E-state index in [1.165, 1.54) is 21.5 Å². The van der Waals surface area contributed by atoms with Crippen LogP contribution in [-0.4, -0.2) is 33.3 Å². The van der Waals surface area contributed by atoms with Crippen molar-refractivity contribution in [1.82, 2.24) is 19.4 Å². The smallest absolute Gasteiger partial charge is 0.156 e. The molecule has 1 aromatic carbocycles. The fourth-order valence-electron chi connectivity index (χ4n) is 4.61. The van der Waals surface area contributed by atoms with E-state index in [2.05, 4.69) is 76.4 Å². The Morgan fingerprint density at radius 1 is 1.19 bits per heavy atom. The largest absolute Gasteiger partial charge is 0.490 e. The van der Waals surface area contributed by atoms with E-state index in [1.54, 1.807) is 11.3 Å². The van der Waals surface area contributed by atoms with Crippen LogP contribution in [-0.2, 0) is 26.4 Å². The Bertz CT molecular complexity index is 1180. The molecule has 4 aromatic rings. The van der Waals surface area contributed by atoms with Crippen molar-refractivity contribution in [2.45, 2.75) is 51.7 Å². The number of nitrogens with zero attached hydrogens (tertiary/aromatic N) is 3. The summed E-state index contributed by atoms with van der Waals surface area (Å²) < 4.78 is 12.2. The molecule has 5 nitrogen and oxygen atoms in total. The van der Waals surface area contributed by atoms with Crippen LogP contribution in [0.4, 0.5) is 0 Å². The molecule has 168 valence electrons. The molecule has 0 amide bonds. The third-order valence-corrected chi connectivity index (χ3v) is 7.29. The minimum absolute atomic E-state index is 0.340. The molecule has 32 heavy (non-hydrogen) atoms. The van der Waals surface area contributed by atoms with Crippen LogP contribution in [0.3, 0.4) is 0 Å². The zero-order valence-corrected chi connectivity index (χ0v) is 19.8. The van der Waals surface area contributed by atoms with Gasteiger partial charge in [0.25, 0.3) is 0 Å². The van der Waals surface area contributed by atoms with Crippen molar-refractivity contribution in [1.29, 1.82) is 0 Å². The van der Waals surface area contributed by atoms with Gasteiger partial charge in [-0.15, -0.1) is 11.3 Å². The number of piperidine rings is 1. The maximum atomic E-state index is 6.23. The number of hydrogen-bond acceptors (Lipinski definition) is 4. The monoisotopic (exact) mass is 448 g/mol. The van der Waals surface area contributed by atoms with Crippen LogP contribution in [0, 0.1) is 0 Å². The quantitative estimate of drug-likeness (QED) is 0.391. The number of hydrogen-bond donors (Lipinski definition) is 1. The van der Waals surface area contributed by atoms with Gasteiger partial charge < -0.3 is 19.2 Å². The van der Waals surface area contributed by atoms with Crippen LogP contribution in [0.5, 0.6) is 5.75 Å². The molecule has 1 aliphatic rings. The average Bonchev–Trinajstić information content (AvgIpc) is 3.51. The number of ether oxygens (including phenoxy) is 1. The molecule has 1 fully saturated rings. The number of benzene rings is 1. The number of imidazole rings is 1. The summed E-state index contributed by atoms with van der Waals surface area (Å²) in [5, 5.41) is 5.55. The molecule has 5 rings (SSSR count). The highest BCUT2D eigenvalue weighted by molar-refractivity contribution is 7.17. The van der Waals surface area contributed by atoms with Crippen molar-refractivity contribution in [3.8, 4) is 17.3 Å². The van der Waals surface area contributed by atoms with E-state index in [4.69, 9.17) is 9.72 Å². The third-order valence-electron chi connectivity index (χ3n) is 6.43. The lowest BCUT2D eigenvalue weighted by atomic mass is 10.1. The first-order valence-electron chi connectivity index (χ1n) is 11.8. The molecule has 3 aromatic heterocycles. The summed E-state index contributed by atoms with van der Waals surface area (Å²) in [7, 11) is 2.14. The van der Waals surface area contributed by atoms with E-state index in [0.717, 1.165) is 69.0 Å². The highest BCUT2D eigenvalue weighted by Gasteiger charge is 2.16. The van der Waals surface area contributed by atoms with E-state index in [0.29, 0.717) is 6.10 Å². The number of nitrogens with one attached hydrogen (secondary N) is 1. The Morgan fingerprint density at radius 3 is 2.88 bits per heavy atom. The molecule has 0 atom stereocenters. The molecule has 1 N–H and O–H groups in total. The van der Waals surface area contributed by atoms with Gasteiger partial charge in [-0.3, -0.25) is 0 Å². The summed E-state index contributed by atoms with van der Waals surface area (Å²) in [6, 6.07) is 13.1. The lowest BCUT2D eigenvalue weighted by Gasteiger charge is -2.24. The van der Waals surface area contributed by atoms with Gasteiger partial charge in [0.15, 0.2) is 5.82 Å². The number of fused-ring (bicyclic) bond motifs is 1. The molecule has 0 radical (unpaired) electrons. The fourth-order valence-corrected chi connectivity index (χ4v) is 5.46. The Morgan fingerprint density at radius 2 is 2.06 bits per heavy atom. The van der Waals surface area contributed by atoms with Gasteiger partial charge in [-0.05, 0) is 80.4 Å². The second kappa shape index (κ2) is 9.51. The Kier molecular flexibility index (Phi) is 6.32. The van der Waals surface area contributed by atoms with Crippen LogP contribution < -0.4 is 10.1 Å². The first kappa shape index (κ1) is 21.3. The molecule has 6 heteroatoms. The van der Waals surface area contributed by atoms with Gasteiger partial charge in [-0.2, -0.15) is 0 Å². The van der Waals surface area contributed by atoms with E-state index in [-0.39, 0.29) is 0 Å². The number of rotatable bonds is 8. The second-order valence-corrected chi connectivity index (χ2v) is 9.63. The van der Waals surface area contributed by atoms with Gasteiger partial charge >= 0.3 is 0 Å². The molecule has 4 heterocycles. The molecule has 0 aliphatic carbocycles. The van der Waals surface area contributed by atoms with Gasteiger partial charge in [0.2, 0.25) is 0 Å². The minimum atomic E-state index is 0.340. The highest BCUT2D eigenvalue weighted by Crippen LogP contribution is 2.30. The molecular weight excluding hydrogens is 416 g/mol. The van der Waals surface area contributed by atoms with Crippen molar-refractivity contribution < 1.29 is 4.74 Å². The number of aromatic nitrogens is 3. The van der Waals surface area contributed by atoms with Crippen molar-refractivity contribution in [2.75, 3.05) is 13.1 Å². The van der Waals surface area contributed by atoms with Crippen molar-refractivity contribution in [2.24, 2.45) is 7.05 Å². The Hall–Kier alpha value is -2.57. The third kappa shape index (κ3) is 4.48. The van der Waals surface area contributed by atoms with E-state index in [1.807, 2.05) is 0 Å². The van der Waals surface area contributed by atoms with Crippen LogP contribution in [0.25, 0.3) is 21.7 Å². The highest BCUT2D eigenvalue weighted by atomic mass is 32.1.